The summed E-state index contributed by atoms with van der Waals surface area (Å²) in [4.78, 5) is 2.49. The van der Waals surface area contributed by atoms with E-state index in [4.69, 9.17) is 16.3 Å². The molecule has 0 spiro atoms. The zero-order valence-corrected chi connectivity index (χ0v) is 14.1. The number of halogens is 1. The van der Waals surface area contributed by atoms with Gasteiger partial charge in [-0.1, -0.05) is 36.7 Å². The van der Waals surface area contributed by atoms with Gasteiger partial charge in [0.15, 0.2) is 0 Å². The highest BCUT2D eigenvalue weighted by molar-refractivity contribution is 6.31. The van der Waals surface area contributed by atoms with Crippen LogP contribution in [0.1, 0.15) is 26.3 Å². The summed E-state index contributed by atoms with van der Waals surface area (Å²) in [5.74, 6) is 0. The quantitative estimate of drug-likeness (QED) is 0.874. The molecule has 1 heterocycles. The Balaban J connectivity index is 2.06. The van der Waals surface area contributed by atoms with Crippen LogP contribution < -0.4 is 5.32 Å². The van der Waals surface area contributed by atoms with Gasteiger partial charge < -0.3 is 10.1 Å². The maximum atomic E-state index is 6.31. The van der Waals surface area contributed by atoms with Crippen molar-refractivity contribution in [3.8, 4) is 0 Å². The SMILES string of the molecule is CCNC(Cc1ccccc1Cl)C1CN(C(C)C)CCO1. The largest absolute Gasteiger partial charge is 0.374 e. The van der Waals surface area contributed by atoms with Gasteiger partial charge in [0.1, 0.15) is 0 Å². The van der Waals surface area contributed by atoms with Crippen LogP contribution >= 0.6 is 11.6 Å². The number of likely N-dealkylation sites (N-methyl/N-ethyl adjacent to an activating group) is 1. The first kappa shape index (κ1) is 16.8. The van der Waals surface area contributed by atoms with Crippen LogP contribution in [0.5, 0.6) is 0 Å². The molecule has 0 amide bonds. The summed E-state index contributed by atoms with van der Waals surface area (Å²) in [6.45, 7) is 10.4. The van der Waals surface area contributed by atoms with Gasteiger partial charge in [0, 0.05) is 30.2 Å². The van der Waals surface area contributed by atoms with Crippen LogP contribution in [0.25, 0.3) is 0 Å². The lowest BCUT2D eigenvalue weighted by Gasteiger charge is -2.39. The van der Waals surface area contributed by atoms with Crippen molar-refractivity contribution in [2.24, 2.45) is 0 Å². The van der Waals surface area contributed by atoms with Crippen LogP contribution in [0.3, 0.4) is 0 Å². The molecule has 2 rings (SSSR count). The average molecular weight is 311 g/mol. The molecule has 0 saturated carbocycles. The van der Waals surface area contributed by atoms with E-state index >= 15 is 0 Å². The second-order valence-electron chi connectivity index (χ2n) is 5.96. The lowest BCUT2D eigenvalue weighted by Crippen LogP contribution is -2.54. The summed E-state index contributed by atoms with van der Waals surface area (Å²) in [7, 11) is 0. The van der Waals surface area contributed by atoms with E-state index in [-0.39, 0.29) is 6.10 Å². The summed E-state index contributed by atoms with van der Waals surface area (Å²) >= 11 is 6.31. The Morgan fingerprint density at radius 3 is 2.81 bits per heavy atom. The summed E-state index contributed by atoms with van der Waals surface area (Å²) in [6, 6.07) is 8.96. The number of nitrogens with one attached hydrogen (secondary N) is 1. The Bertz CT molecular complexity index is 439. The Morgan fingerprint density at radius 1 is 1.38 bits per heavy atom. The smallest absolute Gasteiger partial charge is 0.0858 e. The van der Waals surface area contributed by atoms with Gasteiger partial charge in [-0.25, -0.2) is 0 Å². The lowest BCUT2D eigenvalue weighted by molar-refractivity contribution is -0.0550. The summed E-state index contributed by atoms with van der Waals surface area (Å²) in [5.41, 5.74) is 1.19. The van der Waals surface area contributed by atoms with Crippen LogP contribution in [-0.2, 0) is 11.2 Å². The molecule has 1 aliphatic heterocycles. The van der Waals surface area contributed by atoms with E-state index in [9.17, 15) is 0 Å². The number of rotatable bonds is 6. The molecule has 0 aromatic heterocycles. The predicted molar refractivity (Wildman–Crippen MR) is 89.1 cm³/mol. The first-order valence-electron chi connectivity index (χ1n) is 7.94. The van der Waals surface area contributed by atoms with E-state index in [1.807, 2.05) is 18.2 Å². The topological polar surface area (TPSA) is 24.5 Å². The van der Waals surface area contributed by atoms with Crippen molar-refractivity contribution in [3.63, 3.8) is 0 Å². The second-order valence-corrected chi connectivity index (χ2v) is 6.36. The number of morpholine rings is 1. The molecule has 0 bridgehead atoms. The monoisotopic (exact) mass is 310 g/mol. The molecule has 3 nitrogen and oxygen atoms in total. The zero-order valence-electron chi connectivity index (χ0n) is 13.3. The van der Waals surface area contributed by atoms with Crippen molar-refractivity contribution in [1.29, 1.82) is 0 Å². The molecule has 0 radical (unpaired) electrons. The number of hydrogen-bond acceptors (Lipinski definition) is 3. The number of hydrogen-bond donors (Lipinski definition) is 1. The molecule has 1 aromatic rings. The van der Waals surface area contributed by atoms with Gasteiger partial charge in [-0.2, -0.15) is 0 Å². The first-order chi connectivity index (χ1) is 10.1. The van der Waals surface area contributed by atoms with Gasteiger partial charge in [0.25, 0.3) is 0 Å². The third-order valence-electron chi connectivity index (χ3n) is 4.17. The van der Waals surface area contributed by atoms with Gasteiger partial charge in [-0.3, -0.25) is 4.90 Å². The minimum Gasteiger partial charge on any atom is -0.374 e. The maximum Gasteiger partial charge on any atom is 0.0858 e. The van der Waals surface area contributed by atoms with Crippen molar-refractivity contribution in [2.45, 2.75) is 45.4 Å². The summed E-state index contributed by atoms with van der Waals surface area (Å²) in [6.07, 6.45) is 1.13. The highest BCUT2D eigenvalue weighted by atomic mass is 35.5. The molecular weight excluding hydrogens is 284 g/mol. The van der Waals surface area contributed by atoms with Crippen LogP contribution in [0.15, 0.2) is 24.3 Å². The Kier molecular flexibility index (Phi) is 6.49. The molecule has 1 aliphatic rings. The molecule has 118 valence electrons. The fraction of sp³-hybridized carbons (Fsp3) is 0.647. The average Bonchev–Trinajstić information content (AvgIpc) is 2.49. The van der Waals surface area contributed by atoms with Crippen molar-refractivity contribution in [3.05, 3.63) is 34.9 Å². The number of ether oxygens (including phenoxy) is 1. The molecule has 0 aliphatic carbocycles. The Labute approximate surface area is 133 Å². The van der Waals surface area contributed by atoms with E-state index in [0.29, 0.717) is 12.1 Å². The Hall–Kier alpha value is -0.610. The number of benzene rings is 1. The van der Waals surface area contributed by atoms with E-state index in [2.05, 4.69) is 37.1 Å². The lowest BCUT2D eigenvalue weighted by atomic mass is 9.99. The van der Waals surface area contributed by atoms with Crippen molar-refractivity contribution in [2.75, 3.05) is 26.2 Å². The predicted octanol–water partition coefficient (Wildman–Crippen LogP) is 2.97. The second kappa shape index (κ2) is 8.14. The highest BCUT2D eigenvalue weighted by Crippen LogP contribution is 2.20. The van der Waals surface area contributed by atoms with Gasteiger partial charge in [0.05, 0.1) is 12.7 Å². The van der Waals surface area contributed by atoms with Gasteiger partial charge in [0.2, 0.25) is 0 Å². The zero-order chi connectivity index (χ0) is 15.2. The molecule has 4 heteroatoms. The molecular formula is C17H27ClN2O. The third kappa shape index (κ3) is 4.68. The van der Waals surface area contributed by atoms with Crippen LogP contribution in [-0.4, -0.2) is 49.3 Å². The fourth-order valence-electron chi connectivity index (χ4n) is 2.91. The highest BCUT2D eigenvalue weighted by Gasteiger charge is 2.29. The molecule has 1 aromatic carbocycles. The van der Waals surface area contributed by atoms with Crippen LogP contribution in [0.4, 0.5) is 0 Å². The molecule has 21 heavy (non-hydrogen) atoms. The van der Waals surface area contributed by atoms with E-state index in [0.717, 1.165) is 37.7 Å². The normalized spacial score (nSPS) is 21.7. The maximum absolute atomic E-state index is 6.31. The third-order valence-corrected chi connectivity index (χ3v) is 4.54. The van der Waals surface area contributed by atoms with E-state index in [1.54, 1.807) is 0 Å². The van der Waals surface area contributed by atoms with Crippen molar-refractivity contribution in [1.82, 2.24) is 10.2 Å². The molecule has 1 saturated heterocycles. The molecule has 2 unspecified atom stereocenters. The van der Waals surface area contributed by atoms with E-state index < -0.39 is 0 Å². The minimum absolute atomic E-state index is 0.220. The van der Waals surface area contributed by atoms with Crippen LogP contribution in [0.2, 0.25) is 5.02 Å². The van der Waals surface area contributed by atoms with Gasteiger partial charge in [-0.05, 0) is 38.4 Å². The van der Waals surface area contributed by atoms with Crippen molar-refractivity contribution >= 4 is 11.6 Å². The summed E-state index contributed by atoms with van der Waals surface area (Å²) in [5, 5.41) is 4.42. The molecule has 2 atom stereocenters. The van der Waals surface area contributed by atoms with E-state index in [1.165, 1.54) is 5.56 Å². The van der Waals surface area contributed by atoms with Gasteiger partial charge >= 0.3 is 0 Å². The first-order valence-corrected chi connectivity index (χ1v) is 8.32. The molecule has 1 fully saturated rings. The molecule has 1 N–H and O–H groups in total. The minimum atomic E-state index is 0.220. The standard InChI is InChI=1S/C17H27ClN2O/c1-4-19-16(11-14-7-5-6-8-15(14)18)17-12-20(13(2)3)9-10-21-17/h5-8,13,16-17,19H,4,9-12H2,1-3H3. The summed E-state index contributed by atoms with van der Waals surface area (Å²) < 4.78 is 6.04. The van der Waals surface area contributed by atoms with Gasteiger partial charge in [-0.15, -0.1) is 0 Å². The number of nitrogens with zero attached hydrogens (tertiary/aromatic N) is 1. The van der Waals surface area contributed by atoms with Crippen LogP contribution in [0, 0.1) is 0 Å². The Morgan fingerprint density at radius 2 is 2.14 bits per heavy atom. The fourth-order valence-corrected chi connectivity index (χ4v) is 3.12. The van der Waals surface area contributed by atoms with Crippen molar-refractivity contribution < 1.29 is 4.74 Å².